The van der Waals surface area contributed by atoms with Gasteiger partial charge in [-0.05, 0) is 24.3 Å². The first kappa shape index (κ1) is 11.9. The highest BCUT2D eigenvalue weighted by atomic mass is 32.1. The minimum absolute atomic E-state index is 0.538. The van der Waals surface area contributed by atoms with Gasteiger partial charge in [-0.15, -0.1) is 11.3 Å². The van der Waals surface area contributed by atoms with Gasteiger partial charge in [-0.3, -0.25) is 0 Å². The van der Waals surface area contributed by atoms with Crippen LogP contribution in [0.3, 0.4) is 0 Å². The summed E-state index contributed by atoms with van der Waals surface area (Å²) in [4.78, 5) is 10.7. The van der Waals surface area contributed by atoms with Gasteiger partial charge in [0.15, 0.2) is 0 Å². The molecule has 0 bridgehead atoms. The van der Waals surface area contributed by atoms with E-state index in [-0.39, 0.29) is 0 Å². The third-order valence-electron chi connectivity index (χ3n) is 3.65. The molecule has 18 heavy (non-hydrogen) atoms. The summed E-state index contributed by atoms with van der Waals surface area (Å²) in [5.41, 5.74) is 0.443. The minimum Gasteiger partial charge on any atom is -0.388 e. The van der Waals surface area contributed by atoms with E-state index >= 15 is 0 Å². The van der Waals surface area contributed by atoms with Gasteiger partial charge in [0.2, 0.25) is 0 Å². The molecule has 0 spiro atoms. The lowest BCUT2D eigenvalue weighted by atomic mass is 10.0. The molecule has 96 valence electrons. The number of fused-ring (bicyclic) bond motifs is 1. The Morgan fingerprint density at radius 1 is 1.39 bits per heavy atom. The van der Waals surface area contributed by atoms with Crippen molar-refractivity contribution in [2.75, 3.05) is 18.5 Å². The van der Waals surface area contributed by atoms with Crippen LogP contribution < -0.4 is 4.90 Å². The summed E-state index contributed by atoms with van der Waals surface area (Å²) in [7, 11) is 2.00. The molecule has 0 aliphatic heterocycles. The number of rotatable bonds is 3. The van der Waals surface area contributed by atoms with Crippen LogP contribution >= 0.6 is 11.3 Å². The monoisotopic (exact) mass is 263 g/mol. The third-order valence-corrected chi connectivity index (χ3v) is 4.55. The summed E-state index contributed by atoms with van der Waals surface area (Å²) in [5.74, 6) is 0.926. The van der Waals surface area contributed by atoms with Gasteiger partial charge in [0.05, 0.1) is 15.8 Å². The molecular weight excluding hydrogens is 246 g/mol. The number of nitrogens with zero attached hydrogens (tertiary/aromatic N) is 3. The lowest BCUT2D eigenvalue weighted by Crippen LogP contribution is -2.39. The van der Waals surface area contributed by atoms with Gasteiger partial charge in [-0.2, -0.15) is 0 Å². The molecule has 1 saturated carbocycles. The Balaban J connectivity index is 1.87. The SMILES string of the molecule is CN(CC1(O)CCCC1)c1ncnc2ccsc12. The maximum Gasteiger partial charge on any atom is 0.149 e. The van der Waals surface area contributed by atoms with Crippen molar-refractivity contribution < 1.29 is 5.11 Å². The van der Waals surface area contributed by atoms with Crippen LogP contribution in [0, 0.1) is 0 Å². The molecule has 1 aliphatic carbocycles. The first-order valence-electron chi connectivity index (χ1n) is 6.30. The third kappa shape index (κ3) is 2.08. The fourth-order valence-electron chi connectivity index (χ4n) is 2.76. The van der Waals surface area contributed by atoms with E-state index in [1.54, 1.807) is 17.7 Å². The highest BCUT2D eigenvalue weighted by Crippen LogP contribution is 2.33. The number of likely N-dealkylation sites (N-methyl/N-ethyl adjacent to an activating group) is 1. The quantitative estimate of drug-likeness (QED) is 0.924. The summed E-state index contributed by atoms with van der Waals surface area (Å²) in [6.45, 7) is 0.650. The minimum atomic E-state index is -0.538. The van der Waals surface area contributed by atoms with Crippen molar-refractivity contribution in [2.24, 2.45) is 0 Å². The zero-order chi connectivity index (χ0) is 12.6. The molecule has 1 N–H and O–H groups in total. The summed E-state index contributed by atoms with van der Waals surface area (Å²) in [5, 5.41) is 12.5. The second-order valence-corrected chi connectivity index (χ2v) is 6.04. The standard InChI is InChI=1S/C13H17N3OS/c1-16(8-13(17)5-2-3-6-13)12-11-10(4-7-18-11)14-9-15-12/h4,7,9,17H,2-3,5-6,8H2,1H3. The molecule has 0 saturated heterocycles. The van der Waals surface area contributed by atoms with Crippen molar-refractivity contribution in [3.63, 3.8) is 0 Å². The van der Waals surface area contributed by atoms with Crippen LogP contribution in [0.5, 0.6) is 0 Å². The number of aromatic nitrogens is 2. The van der Waals surface area contributed by atoms with Gasteiger partial charge in [-0.25, -0.2) is 9.97 Å². The van der Waals surface area contributed by atoms with E-state index in [0.717, 1.165) is 41.7 Å². The zero-order valence-corrected chi connectivity index (χ0v) is 11.3. The molecule has 0 aromatic carbocycles. The highest BCUT2D eigenvalue weighted by Gasteiger charge is 2.32. The largest absolute Gasteiger partial charge is 0.388 e. The van der Waals surface area contributed by atoms with Crippen molar-refractivity contribution in [3.05, 3.63) is 17.8 Å². The maximum atomic E-state index is 10.5. The van der Waals surface area contributed by atoms with Crippen LogP contribution in [0.25, 0.3) is 10.2 Å². The summed E-state index contributed by atoms with van der Waals surface area (Å²) in [6, 6.07) is 2.00. The topological polar surface area (TPSA) is 49.2 Å². The predicted molar refractivity (Wildman–Crippen MR) is 74.1 cm³/mol. The molecule has 0 unspecified atom stereocenters. The Morgan fingerprint density at radius 2 is 2.17 bits per heavy atom. The van der Waals surface area contributed by atoms with E-state index < -0.39 is 5.60 Å². The maximum absolute atomic E-state index is 10.5. The van der Waals surface area contributed by atoms with Crippen molar-refractivity contribution in [1.82, 2.24) is 9.97 Å². The number of hydrogen-bond donors (Lipinski definition) is 1. The molecule has 2 aromatic rings. The van der Waals surface area contributed by atoms with Gasteiger partial charge >= 0.3 is 0 Å². The second-order valence-electron chi connectivity index (χ2n) is 5.12. The molecule has 1 aliphatic rings. The average molecular weight is 263 g/mol. The summed E-state index contributed by atoms with van der Waals surface area (Å²) in [6.07, 6.45) is 5.65. The average Bonchev–Trinajstić information content (AvgIpc) is 2.96. The van der Waals surface area contributed by atoms with Crippen LogP contribution in [-0.4, -0.2) is 34.3 Å². The molecule has 0 radical (unpaired) electrons. The van der Waals surface area contributed by atoms with Gasteiger partial charge in [0.25, 0.3) is 0 Å². The molecule has 0 amide bonds. The highest BCUT2D eigenvalue weighted by molar-refractivity contribution is 7.17. The second kappa shape index (κ2) is 4.48. The van der Waals surface area contributed by atoms with E-state index in [1.165, 1.54) is 0 Å². The lowest BCUT2D eigenvalue weighted by molar-refractivity contribution is 0.0558. The van der Waals surface area contributed by atoms with Crippen LogP contribution in [0.1, 0.15) is 25.7 Å². The normalized spacial score (nSPS) is 18.3. The summed E-state index contributed by atoms with van der Waals surface area (Å²) < 4.78 is 1.10. The molecule has 1 fully saturated rings. The van der Waals surface area contributed by atoms with Crippen LogP contribution in [0.2, 0.25) is 0 Å². The Kier molecular flexibility index (Phi) is 2.95. The Labute approximate surface area is 110 Å². The zero-order valence-electron chi connectivity index (χ0n) is 10.5. The van der Waals surface area contributed by atoms with Gasteiger partial charge < -0.3 is 10.0 Å². The van der Waals surface area contributed by atoms with Crippen molar-refractivity contribution in [1.29, 1.82) is 0 Å². The number of anilines is 1. The Hall–Kier alpha value is -1.20. The van der Waals surface area contributed by atoms with E-state index in [1.807, 2.05) is 18.5 Å². The van der Waals surface area contributed by atoms with Crippen LogP contribution in [0.15, 0.2) is 17.8 Å². The van der Waals surface area contributed by atoms with Crippen molar-refractivity contribution >= 4 is 27.4 Å². The Bertz CT molecular complexity index is 548. The van der Waals surface area contributed by atoms with Crippen molar-refractivity contribution in [2.45, 2.75) is 31.3 Å². The molecule has 2 heterocycles. The molecule has 0 atom stereocenters. The molecule has 4 nitrogen and oxygen atoms in total. The smallest absolute Gasteiger partial charge is 0.149 e. The first-order chi connectivity index (χ1) is 8.68. The number of hydrogen-bond acceptors (Lipinski definition) is 5. The number of aliphatic hydroxyl groups is 1. The van der Waals surface area contributed by atoms with E-state index in [9.17, 15) is 5.11 Å². The van der Waals surface area contributed by atoms with Gasteiger partial charge in [0.1, 0.15) is 12.1 Å². The van der Waals surface area contributed by atoms with Gasteiger partial charge in [0, 0.05) is 13.6 Å². The Morgan fingerprint density at radius 3 is 2.94 bits per heavy atom. The molecule has 5 heteroatoms. The summed E-state index contributed by atoms with van der Waals surface area (Å²) >= 11 is 1.65. The van der Waals surface area contributed by atoms with Crippen molar-refractivity contribution in [3.8, 4) is 0 Å². The predicted octanol–water partition coefficient (Wildman–Crippen LogP) is 2.43. The number of thiophene rings is 1. The first-order valence-corrected chi connectivity index (χ1v) is 7.18. The molecule has 2 aromatic heterocycles. The molecule has 3 rings (SSSR count). The fraction of sp³-hybridized carbons (Fsp3) is 0.538. The van der Waals surface area contributed by atoms with Gasteiger partial charge in [-0.1, -0.05) is 12.8 Å². The van der Waals surface area contributed by atoms with Crippen LogP contribution in [0.4, 0.5) is 5.82 Å². The lowest BCUT2D eigenvalue weighted by Gasteiger charge is -2.29. The molecular formula is C13H17N3OS. The van der Waals surface area contributed by atoms with Crippen LogP contribution in [-0.2, 0) is 0 Å². The fourth-order valence-corrected chi connectivity index (χ4v) is 3.64. The van der Waals surface area contributed by atoms with E-state index in [4.69, 9.17) is 0 Å². The van der Waals surface area contributed by atoms with E-state index in [2.05, 4.69) is 14.9 Å². The van der Waals surface area contributed by atoms with E-state index in [0.29, 0.717) is 6.54 Å².